The zero-order chi connectivity index (χ0) is 23.0. The van der Waals surface area contributed by atoms with Crippen molar-refractivity contribution in [2.45, 2.75) is 51.4 Å². The predicted molar refractivity (Wildman–Crippen MR) is 111 cm³/mol. The number of hydrogen-bond acceptors (Lipinski definition) is 4. The summed E-state index contributed by atoms with van der Waals surface area (Å²) in [6.45, 7) is 7.81. The number of carboxylic acid groups (broad SMARTS) is 1. The zero-order valence-electron chi connectivity index (χ0n) is 17.7. The van der Waals surface area contributed by atoms with E-state index in [4.69, 9.17) is 9.31 Å². The Hall–Kier alpha value is -2.78. The summed E-state index contributed by atoms with van der Waals surface area (Å²) in [4.78, 5) is 23.9. The van der Waals surface area contributed by atoms with Crippen molar-refractivity contribution in [3.05, 3.63) is 65.2 Å². The van der Waals surface area contributed by atoms with Crippen LogP contribution in [-0.2, 0) is 20.5 Å². The first-order chi connectivity index (χ1) is 14.4. The van der Waals surface area contributed by atoms with E-state index in [9.17, 15) is 23.5 Å². The Morgan fingerprint density at radius 1 is 1.00 bits per heavy atom. The third-order valence-corrected chi connectivity index (χ3v) is 5.73. The first-order valence-electron chi connectivity index (χ1n) is 9.83. The molecule has 0 unspecified atom stereocenters. The summed E-state index contributed by atoms with van der Waals surface area (Å²) < 4.78 is 38.4. The molecule has 3 rings (SSSR count). The van der Waals surface area contributed by atoms with Crippen LogP contribution in [0.15, 0.2) is 42.5 Å². The van der Waals surface area contributed by atoms with Crippen LogP contribution in [0.1, 0.15) is 43.6 Å². The van der Waals surface area contributed by atoms with Gasteiger partial charge in [0.25, 0.3) is 5.91 Å². The van der Waals surface area contributed by atoms with Crippen molar-refractivity contribution in [2.24, 2.45) is 0 Å². The van der Waals surface area contributed by atoms with Crippen molar-refractivity contribution in [1.29, 1.82) is 0 Å². The highest BCUT2D eigenvalue weighted by Crippen LogP contribution is 2.36. The molecule has 2 aromatic rings. The Bertz CT molecular complexity index is 978. The molecule has 0 bridgehead atoms. The lowest BCUT2D eigenvalue weighted by Gasteiger charge is -2.32. The molecule has 1 aliphatic rings. The normalized spacial score (nSPS) is 17.9. The molecule has 0 aliphatic carbocycles. The largest absolute Gasteiger partial charge is 0.494 e. The molecular weight excluding hydrogens is 407 g/mol. The van der Waals surface area contributed by atoms with E-state index in [0.717, 1.165) is 23.7 Å². The number of benzene rings is 2. The summed E-state index contributed by atoms with van der Waals surface area (Å²) in [6.07, 6.45) is 0.00833. The van der Waals surface area contributed by atoms with Crippen LogP contribution in [-0.4, -0.2) is 41.3 Å². The zero-order valence-corrected chi connectivity index (χ0v) is 17.7. The van der Waals surface area contributed by atoms with Gasteiger partial charge in [-0.15, -0.1) is 0 Å². The first-order valence-corrected chi connectivity index (χ1v) is 9.83. The highest BCUT2D eigenvalue weighted by Gasteiger charge is 2.51. The molecule has 6 nitrogen and oxygen atoms in total. The van der Waals surface area contributed by atoms with Gasteiger partial charge in [-0.1, -0.05) is 24.3 Å². The second-order valence-corrected chi connectivity index (χ2v) is 8.53. The quantitative estimate of drug-likeness (QED) is 0.688. The number of halogens is 2. The summed E-state index contributed by atoms with van der Waals surface area (Å²) in [5, 5.41) is 11.8. The smallest absolute Gasteiger partial charge is 0.480 e. The van der Waals surface area contributed by atoms with Gasteiger partial charge in [-0.2, -0.15) is 0 Å². The van der Waals surface area contributed by atoms with Crippen LogP contribution in [0.5, 0.6) is 0 Å². The van der Waals surface area contributed by atoms with Crippen molar-refractivity contribution < 1.29 is 32.8 Å². The molecular formula is C22H24BF2NO5. The maximum Gasteiger partial charge on any atom is 0.494 e. The molecule has 164 valence electrons. The number of amides is 1. The Morgan fingerprint density at radius 2 is 1.58 bits per heavy atom. The van der Waals surface area contributed by atoms with Crippen LogP contribution in [0, 0.1) is 11.6 Å². The van der Waals surface area contributed by atoms with Gasteiger partial charge in [-0.05, 0) is 56.9 Å². The van der Waals surface area contributed by atoms with Gasteiger partial charge in [0.2, 0.25) is 0 Å². The van der Waals surface area contributed by atoms with Crippen LogP contribution in [0.4, 0.5) is 8.78 Å². The molecule has 0 saturated carbocycles. The van der Waals surface area contributed by atoms with E-state index in [1.807, 2.05) is 27.7 Å². The second kappa shape index (κ2) is 8.40. The number of carbonyl (C=O) groups is 2. The molecule has 1 amide bonds. The molecule has 1 atom stereocenters. The number of aliphatic carboxylic acids is 1. The summed E-state index contributed by atoms with van der Waals surface area (Å²) in [6, 6.07) is 8.42. The minimum absolute atomic E-state index is 0.00833. The molecule has 1 aliphatic heterocycles. The summed E-state index contributed by atoms with van der Waals surface area (Å²) in [5.74, 6) is -4.32. The molecule has 2 N–H and O–H groups in total. The fourth-order valence-electron chi connectivity index (χ4n) is 3.10. The molecule has 9 heteroatoms. The minimum Gasteiger partial charge on any atom is -0.480 e. The fraction of sp³-hybridized carbons (Fsp3) is 0.364. The highest BCUT2D eigenvalue weighted by molar-refractivity contribution is 6.62. The molecule has 1 saturated heterocycles. The average molecular weight is 431 g/mol. The third kappa shape index (κ3) is 4.94. The Morgan fingerprint density at radius 3 is 2.10 bits per heavy atom. The lowest BCUT2D eigenvalue weighted by molar-refractivity contribution is -0.139. The molecule has 1 heterocycles. The third-order valence-electron chi connectivity index (χ3n) is 5.73. The molecule has 0 aromatic heterocycles. The monoisotopic (exact) mass is 431 g/mol. The van der Waals surface area contributed by atoms with Crippen molar-refractivity contribution in [3.63, 3.8) is 0 Å². The average Bonchev–Trinajstić information content (AvgIpc) is 2.91. The summed E-state index contributed by atoms with van der Waals surface area (Å²) in [7, 11) is -0.539. The molecule has 0 radical (unpaired) electrons. The van der Waals surface area contributed by atoms with Crippen molar-refractivity contribution in [2.75, 3.05) is 0 Å². The van der Waals surface area contributed by atoms with E-state index < -0.39 is 47.9 Å². The van der Waals surface area contributed by atoms with E-state index in [2.05, 4.69) is 5.32 Å². The SMILES string of the molecule is CC1(C)OB(c2ccc(C[C@@H](NC(=O)c3ccc(F)c(F)c3)C(=O)O)cc2)OC1(C)C. The van der Waals surface area contributed by atoms with Gasteiger partial charge in [0.15, 0.2) is 11.6 Å². The summed E-state index contributed by atoms with van der Waals surface area (Å²) >= 11 is 0. The van der Waals surface area contributed by atoms with E-state index in [-0.39, 0.29) is 12.0 Å². The number of nitrogens with one attached hydrogen (secondary N) is 1. The van der Waals surface area contributed by atoms with Crippen LogP contribution in [0.3, 0.4) is 0 Å². The summed E-state index contributed by atoms with van der Waals surface area (Å²) in [5.41, 5.74) is 0.337. The second-order valence-electron chi connectivity index (χ2n) is 8.53. The molecule has 1 fully saturated rings. The van der Waals surface area contributed by atoms with Gasteiger partial charge in [0, 0.05) is 12.0 Å². The van der Waals surface area contributed by atoms with E-state index in [1.54, 1.807) is 24.3 Å². The Kier molecular flexibility index (Phi) is 6.20. The van der Waals surface area contributed by atoms with Gasteiger partial charge >= 0.3 is 13.1 Å². The topological polar surface area (TPSA) is 84.9 Å². The predicted octanol–water partition coefficient (Wildman–Crippen LogP) is 2.69. The first kappa shape index (κ1) is 22.9. The fourth-order valence-corrected chi connectivity index (χ4v) is 3.10. The highest BCUT2D eigenvalue weighted by atomic mass is 19.2. The Labute approximate surface area is 179 Å². The van der Waals surface area contributed by atoms with Gasteiger partial charge in [0.05, 0.1) is 11.2 Å². The van der Waals surface area contributed by atoms with Crippen LogP contribution < -0.4 is 10.8 Å². The molecule has 2 aromatic carbocycles. The number of carboxylic acids is 1. The van der Waals surface area contributed by atoms with E-state index in [1.165, 1.54) is 0 Å². The van der Waals surface area contributed by atoms with Crippen molar-refractivity contribution >= 4 is 24.5 Å². The maximum absolute atomic E-state index is 13.4. The van der Waals surface area contributed by atoms with Crippen LogP contribution in [0.2, 0.25) is 0 Å². The molecule has 0 spiro atoms. The number of hydrogen-bond donors (Lipinski definition) is 2. The van der Waals surface area contributed by atoms with Gasteiger partial charge in [-0.3, -0.25) is 4.79 Å². The van der Waals surface area contributed by atoms with Gasteiger partial charge < -0.3 is 19.7 Å². The van der Waals surface area contributed by atoms with Crippen molar-refractivity contribution in [3.8, 4) is 0 Å². The van der Waals surface area contributed by atoms with Crippen molar-refractivity contribution in [1.82, 2.24) is 5.32 Å². The minimum atomic E-state index is -1.25. The number of rotatable bonds is 6. The lowest BCUT2D eigenvalue weighted by Crippen LogP contribution is -2.42. The Balaban J connectivity index is 1.68. The van der Waals surface area contributed by atoms with Crippen LogP contribution in [0.25, 0.3) is 0 Å². The van der Waals surface area contributed by atoms with E-state index in [0.29, 0.717) is 5.56 Å². The molecule has 31 heavy (non-hydrogen) atoms. The van der Waals surface area contributed by atoms with Gasteiger partial charge in [-0.25, -0.2) is 13.6 Å². The maximum atomic E-state index is 13.4. The lowest BCUT2D eigenvalue weighted by atomic mass is 9.78. The standard InChI is InChI=1S/C22H24BF2NO5/c1-21(2)22(3,4)31-23(30-21)15-8-5-13(6-9-15)11-18(20(28)29)26-19(27)14-7-10-16(24)17(25)12-14/h5-10,12,18H,11H2,1-4H3,(H,26,27)(H,28,29)/t18-/m1/s1. The number of carbonyl (C=O) groups excluding carboxylic acids is 1. The van der Waals surface area contributed by atoms with E-state index >= 15 is 0 Å². The van der Waals surface area contributed by atoms with Crippen LogP contribution >= 0.6 is 0 Å². The van der Waals surface area contributed by atoms with Gasteiger partial charge in [0.1, 0.15) is 6.04 Å².